The molecule has 12 nitrogen and oxygen atoms in total. The van der Waals surface area contributed by atoms with Crippen LogP contribution in [0.4, 0.5) is 4.79 Å². The fraction of sp³-hybridized carbons (Fsp3) is 0.448. The molecular weight excluding hydrogens is 532 g/mol. The van der Waals surface area contributed by atoms with Crippen LogP contribution in [0.5, 0.6) is 0 Å². The van der Waals surface area contributed by atoms with Crippen molar-refractivity contribution >= 4 is 23.8 Å². The molecule has 8 N–H and O–H groups in total. The van der Waals surface area contributed by atoms with Gasteiger partial charge in [-0.15, -0.1) is 0 Å². The van der Waals surface area contributed by atoms with E-state index in [1.54, 1.807) is 54.6 Å². The monoisotopic (exact) mass is 572 g/mol. The van der Waals surface area contributed by atoms with Crippen molar-refractivity contribution in [1.82, 2.24) is 16.0 Å². The molecule has 2 aromatic rings. The van der Waals surface area contributed by atoms with E-state index in [0.29, 0.717) is 5.56 Å². The first-order chi connectivity index (χ1) is 19.5. The molecule has 0 unspecified atom stereocenters. The van der Waals surface area contributed by atoms with Crippen LogP contribution in [-0.2, 0) is 25.7 Å². The highest BCUT2D eigenvalue weighted by atomic mass is 16.5. The molecule has 0 saturated heterocycles. The number of benzene rings is 2. The number of aliphatic hydroxyl groups is 3. The fourth-order valence-corrected chi connectivity index (χ4v) is 4.08. The number of rotatable bonds is 16. The molecule has 0 aliphatic heterocycles. The van der Waals surface area contributed by atoms with E-state index in [9.17, 15) is 34.5 Å². The summed E-state index contributed by atoms with van der Waals surface area (Å²) in [4.78, 5) is 49.5. The average Bonchev–Trinajstić information content (AvgIpc) is 2.94. The number of aliphatic hydroxyl groups excluding tert-OH is 3. The molecule has 0 radical (unpaired) electrons. The summed E-state index contributed by atoms with van der Waals surface area (Å²) in [6, 6.07) is 14.7. The summed E-state index contributed by atoms with van der Waals surface area (Å²) in [5.74, 6) is -2.25. The lowest BCUT2D eigenvalue weighted by molar-refractivity contribution is -0.136. The van der Waals surface area contributed by atoms with Gasteiger partial charge in [0.2, 0.25) is 11.8 Å². The minimum atomic E-state index is -1.93. The molecule has 0 aliphatic carbocycles. The summed E-state index contributed by atoms with van der Waals surface area (Å²) in [7, 11) is 0. The lowest BCUT2D eigenvalue weighted by Gasteiger charge is -2.27. The molecule has 5 atom stereocenters. The average molecular weight is 573 g/mol. The van der Waals surface area contributed by atoms with Gasteiger partial charge in [0.1, 0.15) is 12.6 Å². The van der Waals surface area contributed by atoms with Gasteiger partial charge in [-0.1, -0.05) is 74.5 Å². The summed E-state index contributed by atoms with van der Waals surface area (Å²) < 4.78 is 5.21. The molecule has 0 fully saturated rings. The van der Waals surface area contributed by atoms with Crippen LogP contribution in [0.1, 0.15) is 50.3 Å². The molecule has 0 saturated carbocycles. The predicted octanol–water partition coefficient (Wildman–Crippen LogP) is 0.649. The van der Waals surface area contributed by atoms with Crippen molar-refractivity contribution in [2.24, 2.45) is 11.7 Å². The molecule has 0 aromatic heterocycles. The van der Waals surface area contributed by atoms with Gasteiger partial charge < -0.3 is 41.7 Å². The molecule has 0 spiro atoms. The van der Waals surface area contributed by atoms with E-state index in [0.717, 1.165) is 5.56 Å². The van der Waals surface area contributed by atoms with Crippen LogP contribution in [-0.4, -0.2) is 70.0 Å². The Kier molecular flexibility index (Phi) is 13.7. The van der Waals surface area contributed by atoms with Gasteiger partial charge in [-0.2, -0.15) is 0 Å². The molecule has 0 aliphatic rings. The molecule has 0 heterocycles. The van der Waals surface area contributed by atoms with E-state index < -0.39 is 60.8 Å². The van der Waals surface area contributed by atoms with E-state index in [1.165, 1.54) is 0 Å². The minimum absolute atomic E-state index is 0.0126. The van der Waals surface area contributed by atoms with E-state index in [-0.39, 0.29) is 31.8 Å². The van der Waals surface area contributed by atoms with E-state index in [2.05, 4.69) is 16.0 Å². The molecule has 2 aromatic carbocycles. The number of primary amides is 1. The number of ether oxygens (including phenoxy) is 1. The highest BCUT2D eigenvalue weighted by Crippen LogP contribution is 2.17. The van der Waals surface area contributed by atoms with Gasteiger partial charge in [0.15, 0.2) is 6.10 Å². The van der Waals surface area contributed by atoms with Gasteiger partial charge in [-0.3, -0.25) is 14.4 Å². The Morgan fingerprint density at radius 3 is 2.02 bits per heavy atom. The zero-order valence-electron chi connectivity index (χ0n) is 23.2. The lowest BCUT2D eigenvalue weighted by atomic mass is 10.00. The molecule has 41 heavy (non-hydrogen) atoms. The van der Waals surface area contributed by atoms with Gasteiger partial charge in [0.25, 0.3) is 5.91 Å². The third-order valence-corrected chi connectivity index (χ3v) is 6.18. The van der Waals surface area contributed by atoms with E-state index in [1.807, 2.05) is 19.9 Å². The van der Waals surface area contributed by atoms with Gasteiger partial charge in [0, 0.05) is 0 Å². The number of hydrogen-bond acceptors (Lipinski definition) is 8. The predicted molar refractivity (Wildman–Crippen MR) is 150 cm³/mol. The highest BCUT2D eigenvalue weighted by molar-refractivity contribution is 5.86. The second-order valence-corrected chi connectivity index (χ2v) is 10.2. The molecule has 0 bridgehead atoms. The zero-order valence-corrected chi connectivity index (χ0v) is 23.2. The molecule has 224 valence electrons. The second-order valence-electron chi connectivity index (χ2n) is 10.2. The first kappa shape index (κ1) is 33.2. The molecule has 4 amide bonds. The van der Waals surface area contributed by atoms with Crippen LogP contribution in [0.2, 0.25) is 0 Å². The Bertz CT molecular complexity index is 1120. The Morgan fingerprint density at radius 1 is 0.854 bits per heavy atom. The summed E-state index contributed by atoms with van der Waals surface area (Å²) in [5.41, 5.74) is 6.65. The number of nitrogens with two attached hydrogens (primary N) is 1. The third kappa shape index (κ3) is 12.0. The first-order valence-corrected chi connectivity index (χ1v) is 13.4. The summed E-state index contributed by atoms with van der Waals surface area (Å²) >= 11 is 0. The number of carbonyl (C=O) groups excluding carboxylic acids is 4. The number of alkyl carbamates (subject to hydrolysis) is 1. The van der Waals surface area contributed by atoms with Crippen molar-refractivity contribution in [3.05, 3.63) is 71.8 Å². The minimum Gasteiger partial charge on any atom is -0.445 e. The Labute approximate surface area is 239 Å². The maximum absolute atomic E-state index is 13.0. The van der Waals surface area contributed by atoms with Crippen LogP contribution in [0.3, 0.4) is 0 Å². The van der Waals surface area contributed by atoms with Crippen LogP contribution in [0.15, 0.2) is 60.7 Å². The van der Waals surface area contributed by atoms with Gasteiger partial charge >= 0.3 is 6.09 Å². The van der Waals surface area contributed by atoms with Crippen molar-refractivity contribution in [3.8, 4) is 0 Å². The molecule has 12 heteroatoms. The number of nitrogens with one attached hydrogen (secondary N) is 3. The number of hydrogen-bond donors (Lipinski definition) is 7. The van der Waals surface area contributed by atoms with Crippen LogP contribution >= 0.6 is 0 Å². The number of amides is 4. The number of carbonyl (C=O) groups is 4. The molecular formula is C29H40N4O8. The third-order valence-electron chi connectivity index (χ3n) is 6.18. The normalized spacial score (nSPS) is 14.7. The quantitative estimate of drug-likeness (QED) is 0.152. The first-order valence-electron chi connectivity index (χ1n) is 13.4. The molecule has 2 rings (SSSR count). The Morgan fingerprint density at radius 2 is 1.46 bits per heavy atom. The van der Waals surface area contributed by atoms with Crippen LogP contribution in [0, 0.1) is 5.92 Å². The van der Waals surface area contributed by atoms with Crippen molar-refractivity contribution < 1.29 is 39.2 Å². The SMILES string of the molecule is CC(C)C[C@H](NC(=O)OCc1ccccc1)C(=O)N[C@@H](CO)C[C@@H](O)[C@H](O)C(=O)N[C@@H](CC(N)=O)c1ccccc1. The zero-order chi connectivity index (χ0) is 30.4. The van der Waals surface area contributed by atoms with Crippen LogP contribution < -0.4 is 21.7 Å². The summed E-state index contributed by atoms with van der Waals surface area (Å²) in [6.45, 7) is 3.12. The van der Waals surface area contributed by atoms with E-state index >= 15 is 0 Å². The largest absolute Gasteiger partial charge is 0.445 e. The fourth-order valence-electron chi connectivity index (χ4n) is 4.08. The van der Waals surface area contributed by atoms with Crippen LogP contribution in [0.25, 0.3) is 0 Å². The van der Waals surface area contributed by atoms with Crippen molar-refractivity contribution in [2.75, 3.05) is 6.61 Å². The van der Waals surface area contributed by atoms with Crippen molar-refractivity contribution in [3.63, 3.8) is 0 Å². The highest BCUT2D eigenvalue weighted by Gasteiger charge is 2.31. The summed E-state index contributed by atoms with van der Waals surface area (Å²) in [5, 5.41) is 38.4. The maximum Gasteiger partial charge on any atom is 0.408 e. The second kappa shape index (κ2) is 17.0. The standard InChI is InChI=1S/C29H40N4O8/c1-18(2)13-23(33-29(40)41-17-19-9-5-3-6-10-19)27(38)31-21(16-34)14-24(35)26(37)28(39)32-22(15-25(30)36)20-11-7-4-8-12-20/h3-12,18,21-24,26,34-35,37H,13-17H2,1-2H3,(H2,30,36)(H,31,38)(H,32,39)(H,33,40)/t21-,22+,23+,24-,26+/m1/s1. The Hall–Kier alpha value is -4.00. The van der Waals surface area contributed by atoms with E-state index in [4.69, 9.17) is 10.5 Å². The van der Waals surface area contributed by atoms with Crippen molar-refractivity contribution in [2.45, 2.75) is 70.1 Å². The van der Waals surface area contributed by atoms with Gasteiger partial charge in [-0.05, 0) is 29.9 Å². The Balaban J connectivity index is 1.97. The topological polar surface area (TPSA) is 200 Å². The smallest absolute Gasteiger partial charge is 0.408 e. The van der Waals surface area contributed by atoms with Crippen molar-refractivity contribution in [1.29, 1.82) is 0 Å². The maximum atomic E-state index is 13.0. The van der Waals surface area contributed by atoms with Gasteiger partial charge in [-0.25, -0.2) is 4.79 Å². The summed E-state index contributed by atoms with van der Waals surface area (Å²) in [6.07, 6.45) is -4.76. The lowest BCUT2D eigenvalue weighted by Crippen LogP contribution is -2.53. The van der Waals surface area contributed by atoms with Gasteiger partial charge in [0.05, 0.1) is 31.2 Å².